The van der Waals surface area contributed by atoms with Crippen LogP contribution >= 0.6 is 27.7 Å². The average Bonchev–Trinajstić information content (AvgIpc) is 2.75. The van der Waals surface area contributed by atoms with Gasteiger partial charge in [0.1, 0.15) is 5.75 Å². The predicted octanol–water partition coefficient (Wildman–Crippen LogP) is 4.39. The quantitative estimate of drug-likeness (QED) is 0.790. The van der Waals surface area contributed by atoms with Gasteiger partial charge in [0.2, 0.25) is 0 Å². The molecular weight excluding hydrogens is 378 g/mol. The van der Waals surface area contributed by atoms with Gasteiger partial charge in [0.05, 0.1) is 11.4 Å². The molecule has 1 fully saturated rings. The molecule has 1 saturated heterocycles. The summed E-state index contributed by atoms with van der Waals surface area (Å²) in [7, 11) is 0. The molecular formula is C17H12BrNO3S. The molecule has 23 heavy (non-hydrogen) atoms. The highest BCUT2D eigenvalue weighted by Crippen LogP contribution is 2.33. The number of thioether (sulfide) groups is 1. The second-order valence-corrected chi connectivity index (χ2v) is 6.90. The summed E-state index contributed by atoms with van der Waals surface area (Å²) in [5.41, 5.74) is 1.55. The van der Waals surface area contributed by atoms with Crippen molar-refractivity contribution >= 4 is 44.9 Å². The summed E-state index contributed by atoms with van der Waals surface area (Å²) in [5.74, 6) is -0.199. The number of carbonyl (C=O) groups is 2. The van der Waals surface area contributed by atoms with Gasteiger partial charge in [-0.3, -0.25) is 14.5 Å². The molecule has 4 nitrogen and oxygen atoms in total. The Morgan fingerprint density at radius 3 is 2.65 bits per heavy atom. The number of imide groups is 1. The van der Waals surface area contributed by atoms with Crippen LogP contribution in [0.5, 0.6) is 5.75 Å². The van der Waals surface area contributed by atoms with Gasteiger partial charge >= 0.3 is 0 Å². The van der Waals surface area contributed by atoms with Crippen molar-refractivity contribution in [1.29, 1.82) is 0 Å². The summed E-state index contributed by atoms with van der Waals surface area (Å²) >= 11 is 4.29. The molecule has 1 N–H and O–H groups in total. The summed E-state index contributed by atoms with van der Waals surface area (Å²) in [6.45, 7) is 0.238. The molecule has 3 rings (SSSR count). The summed E-state index contributed by atoms with van der Waals surface area (Å²) in [5, 5.41) is 9.18. The van der Waals surface area contributed by atoms with E-state index in [2.05, 4.69) is 15.9 Å². The number of benzene rings is 2. The first-order valence-corrected chi connectivity index (χ1v) is 8.43. The van der Waals surface area contributed by atoms with Crippen molar-refractivity contribution in [3.05, 3.63) is 69.0 Å². The Balaban J connectivity index is 1.82. The van der Waals surface area contributed by atoms with E-state index in [0.717, 1.165) is 21.8 Å². The first-order chi connectivity index (χ1) is 11.0. The Morgan fingerprint density at radius 2 is 1.91 bits per heavy atom. The molecule has 0 aromatic heterocycles. The number of hydrogen-bond acceptors (Lipinski definition) is 4. The zero-order chi connectivity index (χ0) is 16.4. The van der Waals surface area contributed by atoms with Crippen molar-refractivity contribution in [2.75, 3.05) is 0 Å². The fraction of sp³-hybridized carbons (Fsp3) is 0.0588. The zero-order valence-corrected chi connectivity index (χ0v) is 14.3. The van der Waals surface area contributed by atoms with Crippen molar-refractivity contribution in [2.24, 2.45) is 0 Å². The van der Waals surface area contributed by atoms with Crippen LogP contribution in [0.2, 0.25) is 0 Å². The van der Waals surface area contributed by atoms with E-state index in [0.29, 0.717) is 10.5 Å². The summed E-state index contributed by atoms with van der Waals surface area (Å²) < 4.78 is 0.900. The van der Waals surface area contributed by atoms with Crippen molar-refractivity contribution < 1.29 is 14.7 Å². The third-order valence-corrected chi connectivity index (χ3v) is 4.67. The Labute approximate surface area is 145 Å². The smallest absolute Gasteiger partial charge is 0.293 e. The zero-order valence-electron chi connectivity index (χ0n) is 11.9. The molecule has 0 unspecified atom stereocenters. The minimum absolute atomic E-state index is 0.118. The Bertz CT molecular complexity index is 819. The monoisotopic (exact) mass is 389 g/mol. The molecule has 0 saturated carbocycles. The average molecular weight is 390 g/mol. The van der Waals surface area contributed by atoms with Gasteiger partial charge in [-0.15, -0.1) is 0 Å². The number of amides is 2. The molecule has 2 aromatic rings. The number of hydrogen-bond donors (Lipinski definition) is 1. The van der Waals surface area contributed by atoms with E-state index in [-0.39, 0.29) is 23.4 Å². The summed E-state index contributed by atoms with van der Waals surface area (Å²) in [4.78, 5) is 26.1. The second kappa shape index (κ2) is 6.60. The second-order valence-electron chi connectivity index (χ2n) is 4.99. The van der Waals surface area contributed by atoms with Crippen LogP contribution < -0.4 is 0 Å². The van der Waals surface area contributed by atoms with Gasteiger partial charge in [0, 0.05) is 4.47 Å². The Kier molecular flexibility index (Phi) is 4.54. The highest BCUT2D eigenvalue weighted by Gasteiger charge is 2.34. The normalized spacial score (nSPS) is 16.4. The summed E-state index contributed by atoms with van der Waals surface area (Å²) in [6, 6.07) is 14.0. The van der Waals surface area contributed by atoms with Gasteiger partial charge in [-0.05, 0) is 53.2 Å². The third kappa shape index (κ3) is 3.65. The molecule has 0 atom stereocenters. The largest absolute Gasteiger partial charge is 0.508 e. The van der Waals surface area contributed by atoms with Crippen LogP contribution in [0, 0.1) is 0 Å². The van der Waals surface area contributed by atoms with Crippen LogP contribution in [0.15, 0.2) is 57.9 Å². The Hall–Kier alpha value is -2.05. The first-order valence-electron chi connectivity index (χ1n) is 6.82. The predicted molar refractivity (Wildman–Crippen MR) is 93.8 cm³/mol. The van der Waals surface area contributed by atoms with Crippen molar-refractivity contribution in [3.8, 4) is 5.75 Å². The van der Waals surface area contributed by atoms with Crippen molar-refractivity contribution in [1.82, 2.24) is 4.90 Å². The van der Waals surface area contributed by atoms with Crippen LogP contribution in [0.4, 0.5) is 4.79 Å². The maximum Gasteiger partial charge on any atom is 0.293 e. The number of halogens is 1. The van der Waals surface area contributed by atoms with Crippen LogP contribution in [-0.4, -0.2) is 21.2 Å². The van der Waals surface area contributed by atoms with E-state index in [9.17, 15) is 14.7 Å². The third-order valence-electron chi connectivity index (χ3n) is 3.27. The van der Waals surface area contributed by atoms with Gasteiger partial charge < -0.3 is 5.11 Å². The Morgan fingerprint density at radius 1 is 1.13 bits per heavy atom. The van der Waals surface area contributed by atoms with Gasteiger partial charge in [-0.1, -0.05) is 40.2 Å². The van der Waals surface area contributed by atoms with Gasteiger partial charge in [0.25, 0.3) is 11.1 Å². The number of phenolic OH excluding ortho intramolecular Hbond substituents is 1. The molecule has 0 radical (unpaired) electrons. The van der Waals surface area contributed by atoms with E-state index >= 15 is 0 Å². The van der Waals surface area contributed by atoms with Crippen LogP contribution in [0.25, 0.3) is 6.08 Å². The van der Waals surface area contributed by atoms with E-state index in [1.165, 1.54) is 4.90 Å². The lowest BCUT2D eigenvalue weighted by atomic mass is 10.2. The van der Waals surface area contributed by atoms with Gasteiger partial charge in [0.15, 0.2) is 0 Å². The molecule has 0 bridgehead atoms. The summed E-state index contributed by atoms with van der Waals surface area (Å²) in [6.07, 6.45) is 1.62. The highest BCUT2D eigenvalue weighted by atomic mass is 79.9. The van der Waals surface area contributed by atoms with Gasteiger partial charge in [-0.2, -0.15) is 0 Å². The SMILES string of the molecule is O=C1S/C(=C\c2cccc(O)c2)C(=O)N1Cc1cccc(Br)c1. The maximum absolute atomic E-state index is 12.4. The number of rotatable bonds is 3. The van der Waals surface area contributed by atoms with Crippen molar-refractivity contribution in [3.63, 3.8) is 0 Å². The molecule has 1 heterocycles. The first kappa shape index (κ1) is 15.8. The topological polar surface area (TPSA) is 57.6 Å². The molecule has 2 aromatic carbocycles. The molecule has 1 aliphatic heterocycles. The van der Waals surface area contributed by atoms with Crippen LogP contribution in [0.3, 0.4) is 0 Å². The highest BCUT2D eigenvalue weighted by molar-refractivity contribution is 9.10. The van der Waals surface area contributed by atoms with Gasteiger partial charge in [-0.25, -0.2) is 0 Å². The number of phenols is 1. The lowest BCUT2D eigenvalue weighted by molar-refractivity contribution is -0.123. The fourth-order valence-electron chi connectivity index (χ4n) is 2.22. The molecule has 6 heteroatoms. The van der Waals surface area contributed by atoms with E-state index in [1.807, 2.05) is 24.3 Å². The maximum atomic E-state index is 12.4. The molecule has 2 amide bonds. The van der Waals surface area contributed by atoms with E-state index in [1.54, 1.807) is 30.3 Å². The van der Waals surface area contributed by atoms with Crippen molar-refractivity contribution in [2.45, 2.75) is 6.54 Å². The lowest BCUT2D eigenvalue weighted by Crippen LogP contribution is -2.27. The number of carbonyl (C=O) groups excluding carboxylic acids is 2. The van der Waals surface area contributed by atoms with E-state index < -0.39 is 0 Å². The number of nitrogens with zero attached hydrogens (tertiary/aromatic N) is 1. The molecule has 0 spiro atoms. The lowest BCUT2D eigenvalue weighted by Gasteiger charge is -2.12. The fourth-order valence-corrected chi connectivity index (χ4v) is 3.51. The minimum Gasteiger partial charge on any atom is -0.508 e. The number of aromatic hydroxyl groups is 1. The van der Waals surface area contributed by atoms with E-state index in [4.69, 9.17) is 0 Å². The van der Waals surface area contributed by atoms with Crippen LogP contribution in [-0.2, 0) is 11.3 Å². The standard InChI is InChI=1S/C17H12BrNO3S/c18-13-5-1-4-12(7-13)10-19-16(21)15(23-17(19)22)9-11-3-2-6-14(20)8-11/h1-9,20H,10H2/b15-9-. The molecule has 0 aliphatic carbocycles. The van der Waals surface area contributed by atoms with Crippen LogP contribution in [0.1, 0.15) is 11.1 Å². The minimum atomic E-state index is -0.316. The molecule has 116 valence electrons. The molecule has 1 aliphatic rings.